The van der Waals surface area contributed by atoms with Crippen molar-refractivity contribution >= 4 is 29.0 Å². The van der Waals surface area contributed by atoms with E-state index in [1.165, 1.54) is 0 Å². The van der Waals surface area contributed by atoms with Gasteiger partial charge in [0.2, 0.25) is 0 Å². The Morgan fingerprint density at radius 1 is 1.11 bits per heavy atom. The molecular formula is C21H21ClN4O2. The van der Waals surface area contributed by atoms with E-state index in [1.54, 1.807) is 20.1 Å². The SMILES string of the molecule is COc1cccc(Nc2cc(C(=O)NCCc3cccc(Cl)c3)nc(C)n2)c1. The van der Waals surface area contributed by atoms with Gasteiger partial charge in [-0.15, -0.1) is 0 Å². The van der Waals surface area contributed by atoms with Crippen molar-refractivity contribution in [1.29, 1.82) is 0 Å². The molecule has 0 aliphatic rings. The summed E-state index contributed by atoms with van der Waals surface area (Å²) < 4.78 is 5.22. The Labute approximate surface area is 168 Å². The maximum atomic E-state index is 12.5. The van der Waals surface area contributed by atoms with Gasteiger partial charge in [0, 0.05) is 29.4 Å². The number of amides is 1. The van der Waals surface area contributed by atoms with Gasteiger partial charge in [-0.1, -0.05) is 29.8 Å². The summed E-state index contributed by atoms with van der Waals surface area (Å²) in [6.45, 7) is 2.24. The van der Waals surface area contributed by atoms with E-state index < -0.39 is 0 Å². The van der Waals surface area contributed by atoms with Crippen LogP contribution in [0.5, 0.6) is 5.75 Å². The number of anilines is 2. The topological polar surface area (TPSA) is 76.1 Å². The zero-order valence-electron chi connectivity index (χ0n) is 15.7. The number of ether oxygens (including phenoxy) is 1. The van der Waals surface area contributed by atoms with E-state index >= 15 is 0 Å². The average molecular weight is 397 g/mol. The minimum absolute atomic E-state index is 0.249. The number of nitrogens with one attached hydrogen (secondary N) is 2. The summed E-state index contributed by atoms with van der Waals surface area (Å²) in [5.74, 6) is 1.53. The van der Waals surface area contributed by atoms with Crippen LogP contribution in [0.25, 0.3) is 0 Å². The van der Waals surface area contributed by atoms with Gasteiger partial charge in [0.25, 0.3) is 5.91 Å². The van der Waals surface area contributed by atoms with Crippen molar-refractivity contribution in [2.24, 2.45) is 0 Å². The Bertz CT molecular complexity index is 978. The smallest absolute Gasteiger partial charge is 0.270 e. The molecule has 1 amide bonds. The molecule has 6 nitrogen and oxygen atoms in total. The van der Waals surface area contributed by atoms with Crippen LogP contribution in [-0.2, 0) is 6.42 Å². The van der Waals surface area contributed by atoms with E-state index in [1.807, 2.05) is 48.5 Å². The van der Waals surface area contributed by atoms with Crippen LogP contribution in [0, 0.1) is 6.92 Å². The van der Waals surface area contributed by atoms with Crippen molar-refractivity contribution in [2.75, 3.05) is 19.0 Å². The molecule has 0 aliphatic heterocycles. The van der Waals surface area contributed by atoms with Crippen LogP contribution in [0.15, 0.2) is 54.6 Å². The minimum atomic E-state index is -0.249. The van der Waals surface area contributed by atoms with Crippen molar-refractivity contribution < 1.29 is 9.53 Å². The third kappa shape index (κ3) is 5.44. The number of carbonyl (C=O) groups excluding carboxylic acids is 1. The lowest BCUT2D eigenvalue weighted by molar-refractivity contribution is 0.0949. The van der Waals surface area contributed by atoms with Gasteiger partial charge in [-0.25, -0.2) is 9.97 Å². The number of hydrogen-bond donors (Lipinski definition) is 2. The number of carbonyl (C=O) groups is 1. The molecule has 1 aromatic heterocycles. The molecule has 3 aromatic rings. The first-order chi connectivity index (χ1) is 13.5. The maximum absolute atomic E-state index is 12.5. The molecule has 7 heteroatoms. The van der Waals surface area contributed by atoms with Crippen molar-refractivity contribution in [3.05, 3.63) is 76.7 Å². The Morgan fingerprint density at radius 2 is 1.93 bits per heavy atom. The number of methoxy groups -OCH3 is 1. The fraction of sp³-hybridized carbons (Fsp3) is 0.190. The van der Waals surface area contributed by atoms with Crippen LogP contribution in [0.4, 0.5) is 11.5 Å². The maximum Gasteiger partial charge on any atom is 0.270 e. The zero-order valence-corrected chi connectivity index (χ0v) is 16.5. The van der Waals surface area contributed by atoms with E-state index in [-0.39, 0.29) is 5.91 Å². The molecule has 1 heterocycles. The van der Waals surface area contributed by atoms with Crippen LogP contribution in [0.3, 0.4) is 0 Å². The lowest BCUT2D eigenvalue weighted by Crippen LogP contribution is -2.27. The fourth-order valence-electron chi connectivity index (χ4n) is 2.70. The third-order valence-electron chi connectivity index (χ3n) is 4.00. The van der Waals surface area contributed by atoms with Gasteiger partial charge in [-0.2, -0.15) is 0 Å². The van der Waals surface area contributed by atoms with Crippen LogP contribution < -0.4 is 15.4 Å². The first kappa shape index (κ1) is 19.6. The Morgan fingerprint density at radius 3 is 2.71 bits per heavy atom. The molecule has 0 bridgehead atoms. The second-order valence-electron chi connectivity index (χ2n) is 6.18. The van der Waals surface area contributed by atoms with Crippen LogP contribution in [0.1, 0.15) is 21.9 Å². The number of benzene rings is 2. The Balaban J connectivity index is 1.65. The predicted octanol–water partition coefficient (Wildman–Crippen LogP) is 4.16. The molecule has 2 aromatic carbocycles. The van der Waals surface area contributed by atoms with Gasteiger partial charge >= 0.3 is 0 Å². The molecule has 0 unspecified atom stereocenters. The number of nitrogens with zero attached hydrogens (tertiary/aromatic N) is 2. The summed E-state index contributed by atoms with van der Waals surface area (Å²) in [6.07, 6.45) is 0.686. The fourth-order valence-corrected chi connectivity index (χ4v) is 2.91. The number of hydrogen-bond acceptors (Lipinski definition) is 5. The monoisotopic (exact) mass is 396 g/mol. The number of aryl methyl sites for hydroxylation is 1. The molecular weight excluding hydrogens is 376 g/mol. The molecule has 0 fully saturated rings. The molecule has 0 aliphatic carbocycles. The lowest BCUT2D eigenvalue weighted by atomic mass is 10.1. The van der Waals surface area contributed by atoms with Crippen LogP contribution in [0.2, 0.25) is 5.02 Å². The Kier molecular flexibility index (Phi) is 6.45. The van der Waals surface area contributed by atoms with Gasteiger partial charge in [0.15, 0.2) is 0 Å². The standard InChI is InChI=1S/C21H21ClN4O2/c1-14-24-19(21(27)23-10-9-15-5-3-6-16(22)11-15)13-20(25-14)26-17-7-4-8-18(12-17)28-2/h3-8,11-13H,9-10H2,1-2H3,(H,23,27)(H,24,25,26). The number of aromatic nitrogens is 2. The average Bonchev–Trinajstić information content (AvgIpc) is 2.67. The Hall–Kier alpha value is -3.12. The van der Waals surface area contributed by atoms with Gasteiger partial charge < -0.3 is 15.4 Å². The second kappa shape index (κ2) is 9.19. The molecule has 0 saturated heterocycles. The molecule has 0 saturated carbocycles. The van der Waals surface area contributed by atoms with E-state index in [0.717, 1.165) is 17.0 Å². The zero-order chi connectivity index (χ0) is 19.9. The van der Waals surface area contributed by atoms with Crippen LogP contribution >= 0.6 is 11.6 Å². The minimum Gasteiger partial charge on any atom is -0.497 e. The van der Waals surface area contributed by atoms with Gasteiger partial charge in [-0.3, -0.25) is 4.79 Å². The lowest BCUT2D eigenvalue weighted by Gasteiger charge is -2.10. The molecule has 28 heavy (non-hydrogen) atoms. The van der Waals surface area contributed by atoms with Crippen molar-refractivity contribution in [2.45, 2.75) is 13.3 Å². The molecule has 0 radical (unpaired) electrons. The van der Waals surface area contributed by atoms with Gasteiger partial charge in [0.05, 0.1) is 7.11 Å². The highest BCUT2D eigenvalue weighted by Gasteiger charge is 2.11. The van der Waals surface area contributed by atoms with E-state index in [2.05, 4.69) is 20.6 Å². The molecule has 0 atom stereocenters. The summed E-state index contributed by atoms with van der Waals surface area (Å²) in [5, 5.41) is 6.74. The largest absolute Gasteiger partial charge is 0.497 e. The molecule has 0 spiro atoms. The summed E-state index contributed by atoms with van der Waals surface area (Å²) in [6, 6.07) is 16.7. The van der Waals surface area contributed by atoms with Crippen molar-refractivity contribution in [1.82, 2.24) is 15.3 Å². The molecule has 2 N–H and O–H groups in total. The third-order valence-corrected chi connectivity index (χ3v) is 4.24. The van der Waals surface area contributed by atoms with E-state index in [4.69, 9.17) is 16.3 Å². The summed E-state index contributed by atoms with van der Waals surface area (Å²) in [4.78, 5) is 21.1. The highest BCUT2D eigenvalue weighted by molar-refractivity contribution is 6.30. The normalized spacial score (nSPS) is 10.4. The van der Waals surface area contributed by atoms with Crippen molar-refractivity contribution in [3.8, 4) is 5.75 Å². The quantitative estimate of drug-likeness (QED) is 0.627. The number of rotatable bonds is 7. The van der Waals surface area contributed by atoms with E-state index in [0.29, 0.717) is 35.3 Å². The van der Waals surface area contributed by atoms with Crippen LogP contribution in [-0.4, -0.2) is 29.5 Å². The van der Waals surface area contributed by atoms with Gasteiger partial charge in [0.1, 0.15) is 23.1 Å². The highest BCUT2D eigenvalue weighted by Crippen LogP contribution is 2.20. The van der Waals surface area contributed by atoms with E-state index in [9.17, 15) is 4.79 Å². The summed E-state index contributed by atoms with van der Waals surface area (Å²) >= 11 is 5.98. The molecule has 144 valence electrons. The predicted molar refractivity (Wildman–Crippen MR) is 111 cm³/mol. The second-order valence-corrected chi connectivity index (χ2v) is 6.61. The highest BCUT2D eigenvalue weighted by atomic mass is 35.5. The number of halogens is 1. The first-order valence-corrected chi connectivity index (χ1v) is 9.21. The van der Waals surface area contributed by atoms with Crippen molar-refractivity contribution in [3.63, 3.8) is 0 Å². The summed E-state index contributed by atoms with van der Waals surface area (Å²) in [7, 11) is 1.61. The first-order valence-electron chi connectivity index (χ1n) is 8.83. The molecule has 3 rings (SSSR count). The van der Waals surface area contributed by atoms with Gasteiger partial charge in [-0.05, 0) is 43.2 Å². The summed E-state index contributed by atoms with van der Waals surface area (Å²) in [5.41, 5.74) is 2.18.